The molecule has 4 rings (SSSR count). The third-order valence-corrected chi connectivity index (χ3v) is 6.50. The molecule has 1 aromatic heterocycles. The molecule has 180 valence electrons. The van der Waals surface area contributed by atoms with Gasteiger partial charge in [0.1, 0.15) is 17.6 Å². The van der Waals surface area contributed by atoms with E-state index in [-0.39, 0.29) is 35.4 Å². The van der Waals surface area contributed by atoms with E-state index in [0.29, 0.717) is 50.2 Å². The van der Waals surface area contributed by atoms with Crippen molar-refractivity contribution >= 4 is 17.6 Å². The molecule has 2 saturated heterocycles. The highest BCUT2D eigenvalue weighted by molar-refractivity contribution is 5.99. The Bertz CT molecular complexity index is 1020. The second-order valence-electron chi connectivity index (χ2n) is 8.68. The van der Waals surface area contributed by atoms with Crippen molar-refractivity contribution in [3.63, 3.8) is 0 Å². The molecular weight excluding hydrogens is 439 g/mol. The zero-order valence-corrected chi connectivity index (χ0v) is 19.1. The summed E-state index contributed by atoms with van der Waals surface area (Å²) in [5.41, 5.74) is 1.16. The first-order chi connectivity index (χ1) is 16.5. The highest BCUT2D eigenvalue weighted by atomic mass is 19.1. The van der Waals surface area contributed by atoms with Crippen LogP contribution in [0.2, 0.25) is 0 Å². The van der Waals surface area contributed by atoms with Crippen LogP contribution in [0, 0.1) is 5.92 Å². The van der Waals surface area contributed by atoms with E-state index in [1.165, 1.54) is 18.3 Å². The Morgan fingerprint density at radius 3 is 2.38 bits per heavy atom. The predicted octanol–water partition coefficient (Wildman–Crippen LogP) is 2.26. The van der Waals surface area contributed by atoms with Crippen LogP contribution < -0.4 is 15.4 Å². The maximum Gasteiger partial charge on any atom is 0.272 e. The summed E-state index contributed by atoms with van der Waals surface area (Å²) in [6.07, 6.45) is 1.89. The molecule has 34 heavy (non-hydrogen) atoms. The van der Waals surface area contributed by atoms with E-state index < -0.39 is 18.1 Å². The Labute approximate surface area is 197 Å². The largest absolute Gasteiger partial charge is 0.497 e. The van der Waals surface area contributed by atoms with Gasteiger partial charge in [-0.25, -0.2) is 4.39 Å². The quantitative estimate of drug-likeness (QED) is 0.631. The average Bonchev–Trinajstić information content (AvgIpc) is 2.89. The monoisotopic (exact) mass is 468 g/mol. The second-order valence-corrected chi connectivity index (χ2v) is 8.68. The average molecular weight is 469 g/mol. The maximum atomic E-state index is 13.9. The molecule has 2 atom stereocenters. The number of halogens is 1. The number of ether oxygens (including phenoxy) is 1. The first kappa shape index (κ1) is 23.8. The number of nitrogens with zero attached hydrogens (tertiary/aromatic N) is 2. The number of Topliss-reactive ketones (excluding diaryl/α,β-unsaturated/α-hetero) is 1. The molecule has 0 aliphatic carbocycles. The van der Waals surface area contributed by atoms with Crippen LogP contribution in [0.4, 0.5) is 4.39 Å². The van der Waals surface area contributed by atoms with Gasteiger partial charge in [-0.1, -0.05) is 0 Å². The molecule has 0 saturated carbocycles. The van der Waals surface area contributed by atoms with Crippen molar-refractivity contribution in [1.82, 2.24) is 20.5 Å². The number of nitrogens with one attached hydrogen (secondary N) is 2. The molecule has 2 unspecified atom stereocenters. The lowest BCUT2D eigenvalue weighted by molar-refractivity contribution is 0.0645. The number of likely N-dealkylation sites (tertiary alicyclic amines) is 1. The highest BCUT2D eigenvalue weighted by Gasteiger charge is 2.29. The van der Waals surface area contributed by atoms with E-state index in [4.69, 9.17) is 4.74 Å². The molecule has 8 nitrogen and oxygen atoms in total. The molecule has 9 heteroatoms. The fourth-order valence-corrected chi connectivity index (χ4v) is 4.39. The first-order valence-electron chi connectivity index (χ1n) is 11.6. The maximum absolute atomic E-state index is 13.9. The lowest BCUT2D eigenvalue weighted by Gasteiger charge is -2.31. The van der Waals surface area contributed by atoms with Crippen molar-refractivity contribution in [2.24, 2.45) is 5.92 Å². The van der Waals surface area contributed by atoms with Crippen LogP contribution in [0.25, 0.3) is 0 Å². The van der Waals surface area contributed by atoms with E-state index in [2.05, 4.69) is 15.6 Å². The number of alkyl halides is 1. The number of carbonyl (C=O) groups excluding carboxylic acids is 3. The van der Waals surface area contributed by atoms with Crippen molar-refractivity contribution in [3.05, 3.63) is 59.4 Å². The van der Waals surface area contributed by atoms with Gasteiger partial charge in [0.2, 0.25) is 0 Å². The number of amides is 2. The molecule has 3 heterocycles. The van der Waals surface area contributed by atoms with Gasteiger partial charge in [-0.15, -0.1) is 0 Å². The van der Waals surface area contributed by atoms with Crippen LogP contribution >= 0.6 is 0 Å². The van der Waals surface area contributed by atoms with E-state index in [9.17, 15) is 18.8 Å². The van der Waals surface area contributed by atoms with Crippen LogP contribution in [-0.4, -0.2) is 73.0 Å². The molecule has 2 aliphatic heterocycles. The number of piperidine rings is 2. The lowest BCUT2D eigenvalue weighted by atomic mass is 9.88. The number of carbonyl (C=O) groups is 3. The standard InChI is InChI=1S/C25H29FN4O4/c1-34-19-5-2-16(3-6-19)23(31)17-9-12-30(13-10-17)25(33)22-7-4-18(14-28-22)24(32)29-21-8-11-27-15-20(21)26/h2-7,14,17,20-21,27H,8-13,15H2,1H3,(H,29,32). The summed E-state index contributed by atoms with van der Waals surface area (Å²) in [5.74, 6) is 0.00699. The van der Waals surface area contributed by atoms with Crippen LogP contribution in [0.3, 0.4) is 0 Å². The van der Waals surface area contributed by atoms with Crippen LogP contribution in [0.5, 0.6) is 5.75 Å². The Kier molecular flexibility index (Phi) is 7.52. The number of methoxy groups -OCH3 is 1. The number of hydrogen-bond acceptors (Lipinski definition) is 6. The number of aromatic nitrogens is 1. The Morgan fingerprint density at radius 2 is 1.76 bits per heavy atom. The fourth-order valence-electron chi connectivity index (χ4n) is 4.39. The Balaban J connectivity index is 1.30. The minimum atomic E-state index is -1.13. The number of ketones is 1. The molecule has 0 spiro atoms. The van der Waals surface area contributed by atoms with Gasteiger partial charge in [-0.2, -0.15) is 0 Å². The third-order valence-electron chi connectivity index (χ3n) is 6.50. The molecule has 0 bridgehead atoms. The van der Waals surface area contributed by atoms with Gasteiger partial charge in [0, 0.05) is 37.3 Å². The van der Waals surface area contributed by atoms with E-state index in [1.54, 1.807) is 36.3 Å². The Morgan fingerprint density at radius 1 is 1.06 bits per heavy atom. The second kappa shape index (κ2) is 10.7. The van der Waals surface area contributed by atoms with Gasteiger partial charge in [0.05, 0.1) is 18.7 Å². The summed E-state index contributed by atoms with van der Waals surface area (Å²) >= 11 is 0. The summed E-state index contributed by atoms with van der Waals surface area (Å²) < 4.78 is 19.1. The summed E-state index contributed by atoms with van der Waals surface area (Å²) in [5, 5.41) is 5.65. The van der Waals surface area contributed by atoms with E-state index >= 15 is 0 Å². The van der Waals surface area contributed by atoms with E-state index in [1.807, 2.05) is 0 Å². The minimum absolute atomic E-state index is 0.0764. The molecule has 2 fully saturated rings. The minimum Gasteiger partial charge on any atom is -0.497 e. The van der Waals surface area contributed by atoms with Gasteiger partial charge in [-0.05, 0) is 62.2 Å². The summed E-state index contributed by atoms with van der Waals surface area (Å²) in [4.78, 5) is 43.9. The first-order valence-corrected chi connectivity index (χ1v) is 11.6. The summed E-state index contributed by atoms with van der Waals surface area (Å²) in [6, 6.07) is 9.58. The topological polar surface area (TPSA) is 101 Å². The van der Waals surface area contributed by atoms with Crippen LogP contribution in [-0.2, 0) is 0 Å². The third kappa shape index (κ3) is 5.41. The van der Waals surface area contributed by atoms with Crippen molar-refractivity contribution in [2.45, 2.75) is 31.5 Å². The molecule has 0 radical (unpaired) electrons. The van der Waals surface area contributed by atoms with Crippen molar-refractivity contribution in [3.8, 4) is 5.75 Å². The lowest BCUT2D eigenvalue weighted by Crippen LogP contribution is -2.50. The van der Waals surface area contributed by atoms with E-state index in [0.717, 1.165) is 0 Å². The van der Waals surface area contributed by atoms with Gasteiger partial charge in [0.15, 0.2) is 5.78 Å². The number of hydrogen-bond donors (Lipinski definition) is 2. The summed E-state index contributed by atoms with van der Waals surface area (Å²) in [7, 11) is 1.58. The predicted molar refractivity (Wildman–Crippen MR) is 124 cm³/mol. The van der Waals surface area contributed by atoms with Gasteiger partial charge in [-0.3, -0.25) is 19.4 Å². The Hall–Kier alpha value is -3.33. The van der Waals surface area contributed by atoms with Gasteiger partial charge >= 0.3 is 0 Å². The molecule has 2 aromatic rings. The zero-order valence-electron chi connectivity index (χ0n) is 19.1. The van der Waals surface area contributed by atoms with Crippen molar-refractivity contribution in [2.75, 3.05) is 33.3 Å². The normalized spacial score (nSPS) is 21.1. The van der Waals surface area contributed by atoms with Gasteiger partial charge in [0.25, 0.3) is 11.8 Å². The molecule has 2 aliphatic rings. The highest BCUT2D eigenvalue weighted by Crippen LogP contribution is 2.24. The van der Waals surface area contributed by atoms with Crippen molar-refractivity contribution in [1.29, 1.82) is 0 Å². The van der Waals surface area contributed by atoms with Gasteiger partial charge < -0.3 is 20.3 Å². The van der Waals surface area contributed by atoms with Crippen LogP contribution in [0.1, 0.15) is 50.5 Å². The zero-order chi connectivity index (χ0) is 24.1. The smallest absolute Gasteiger partial charge is 0.272 e. The van der Waals surface area contributed by atoms with Crippen molar-refractivity contribution < 1.29 is 23.5 Å². The SMILES string of the molecule is COc1ccc(C(=O)C2CCN(C(=O)c3ccc(C(=O)NC4CCNCC4F)cn3)CC2)cc1. The molecule has 1 aromatic carbocycles. The fraction of sp³-hybridized carbons (Fsp3) is 0.440. The molecule has 2 amide bonds. The molecular formula is C25H29FN4O4. The number of pyridine rings is 1. The molecule has 2 N–H and O–H groups in total. The summed E-state index contributed by atoms with van der Waals surface area (Å²) in [6.45, 7) is 1.80. The number of benzene rings is 1. The van der Waals surface area contributed by atoms with Crippen LogP contribution in [0.15, 0.2) is 42.6 Å². The number of rotatable bonds is 6.